The second-order valence-corrected chi connectivity index (χ2v) is 10.3. The van der Waals surface area contributed by atoms with Gasteiger partial charge in [0.15, 0.2) is 0 Å². The highest BCUT2D eigenvalue weighted by Gasteiger charge is 2.40. The summed E-state index contributed by atoms with van der Waals surface area (Å²) in [5.41, 5.74) is 7.78. The Morgan fingerprint density at radius 3 is 2.49 bits per heavy atom. The zero-order valence-electron chi connectivity index (χ0n) is 20.7. The van der Waals surface area contributed by atoms with E-state index in [1.807, 2.05) is 13.8 Å². The number of imidazole rings is 1. The van der Waals surface area contributed by atoms with Gasteiger partial charge in [-0.15, -0.1) is 13.2 Å². The maximum Gasteiger partial charge on any atom is 0.573 e. The fourth-order valence-corrected chi connectivity index (χ4v) is 5.31. The Bertz CT molecular complexity index is 1580. The number of halogens is 5. The number of benzene rings is 3. The molecule has 0 unspecified atom stereocenters. The van der Waals surface area contributed by atoms with E-state index < -0.39 is 41.6 Å². The van der Waals surface area contributed by atoms with Crippen molar-refractivity contribution in [1.82, 2.24) is 14.9 Å². The largest absolute Gasteiger partial charge is 0.573 e. The average molecular weight is 563 g/mol. The van der Waals surface area contributed by atoms with Crippen LogP contribution in [0.3, 0.4) is 0 Å². The normalized spacial score (nSPS) is 17.3. The summed E-state index contributed by atoms with van der Waals surface area (Å²) in [4.78, 5) is 16.0. The summed E-state index contributed by atoms with van der Waals surface area (Å²) in [5, 5.41) is 11.7. The van der Waals surface area contributed by atoms with Gasteiger partial charge in [0, 0.05) is 34.2 Å². The molecule has 1 amide bonds. The Hall–Kier alpha value is -3.83. The van der Waals surface area contributed by atoms with Crippen molar-refractivity contribution < 1.29 is 32.2 Å². The predicted octanol–water partition coefficient (Wildman–Crippen LogP) is 6.89. The lowest BCUT2D eigenvalue weighted by Gasteiger charge is -2.21. The van der Waals surface area contributed by atoms with Gasteiger partial charge in [0.1, 0.15) is 17.4 Å². The topological polar surface area (TPSA) is 102 Å². The molecule has 0 fully saturated rings. The first-order valence-corrected chi connectivity index (χ1v) is 12.3. The molecule has 4 aromatic rings. The second kappa shape index (κ2) is 9.42. The molecule has 1 aliphatic rings. The van der Waals surface area contributed by atoms with Crippen LogP contribution in [0.2, 0.25) is 5.02 Å². The molecular weight excluding hydrogens is 540 g/mol. The molecule has 1 aliphatic heterocycles. The Morgan fingerprint density at radius 1 is 1.18 bits per heavy atom. The molecule has 0 aliphatic carbocycles. The van der Waals surface area contributed by atoms with Gasteiger partial charge >= 0.3 is 12.5 Å². The third-order valence-corrected chi connectivity index (χ3v) is 7.03. The zero-order valence-corrected chi connectivity index (χ0v) is 21.4. The van der Waals surface area contributed by atoms with Crippen molar-refractivity contribution in [2.75, 3.05) is 0 Å². The van der Waals surface area contributed by atoms with Crippen LogP contribution in [0, 0.1) is 5.82 Å². The number of aromatic nitrogens is 2. The lowest BCUT2D eigenvalue weighted by Crippen LogP contribution is -2.28. The number of ether oxygens (including phenoxy) is 1. The molecule has 0 spiro atoms. The molecule has 12 heteroatoms. The summed E-state index contributed by atoms with van der Waals surface area (Å²) in [7, 11) is 0. The van der Waals surface area contributed by atoms with Gasteiger partial charge in [-0.1, -0.05) is 41.9 Å². The van der Waals surface area contributed by atoms with E-state index in [-0.39, 0.29) is 33.9 Å². The molecule has 2 atom stereocenters. The van der Waals surface area contributed by atoms with Crippen LogP contribution >= 0.6 is 11.6 Å². The van der Waals surface area contributed by atoms with Crippen LogP contribution < -0.4 is 15.8 Å². The number of nitrogens with zero attached hydrogens (tertiary/aromatic N) is 2. The van der Waals surface area contributed by atoms with E-state index in [0.717, 1.165) is 11.6 Å². The van der Waals surface area contributed by atoms with E-state index in [4.69, 9.17) is 17.3 Å². The van der Waals surface area contributed by atoms with E-state index in [2.05, 4.69) is 15.0 Å². The van der Waals surface area contributed by atoms with Crippen molar-refractivity contribution in [3.05, 3.63) is 82.4 Å². The van der Waals surface area contributed by atoms with Gasteiger partial charge in [-0.25, -0.2) is 14.2 Å². The molecule has 0 saturated carbocycles. The van der Waals surface area contributed by atoms with Crippen molar-refractivity contribution in [2.45, 2.75) is 44.3 Å². The van der Waals surface area contributed by atoms with E-state index in [9.17, 15) is 23.1 Å². The number of hydrogen-bond donors (Lipinski definition) is 3. The van der Waals surface area contributed by atoms with Gasteiger partial charge in [0.2, 0.25) is 0 Å². The number of carboxylic acid groups (broad SMARTS) is 1. The molecule has 7 nitrogen and oxygen atoms in total. The minimum Gasteiger partial charge on any atom is -0.465 e. The Kier molecular flexibility index (Phi) is 6.47. The Labute approximate surface area is 225 Å². The lowest BCUT2D eigenvalue weighted by atomic mass is 9.93. The van der Waals surface area contributed by atoms with Crippen LogP contribution in [-0.4, -0.2) is 27.1 Å². The zero-order chi connectivity index (χ0) is 28.3. The third-order valence-electron chi connectivity index (χ3n) is 6.70. The first kappa shape index (κ1) is 26.8. The number of carbonyl (C=O) groups is 1. The monoisotopic (exact) mass is 562 g/mol. The predicted molar refractivity (Wildman–Crippen MR) is 137 cm³/mol. The highest BCUT2D eigenvalue weighted by Crippen LogP contribution is 2.47. The molecule has 4 N–H and O–H groups in total. The van der Waals surface area contributed by atoms with Crippen molar-refractivity contribution >= 4 is 28.7 Å². The second-order valence-electron chi connectivity index (χ2n) is 9.91. The van der Waals surface area contributed by atoms with Crippen molar-refractivity contribution in [2.24, 2.45) is 5.73 Å². The van der Waals surface area contributed by atoms with Crippen molar-refractivity contribution in [3.63, 3.8) is 0 Å². The quantitative estimate of drug-likeness (QED) is 0.230. The highest BCUT2D eigenvalue weighted by molar-refractivity contribution is 6.31. The number of hydrogen-bond acceptors (Lipinski definition) is 4. The molecule has 0 saturated heterocycles. The van der Waals surface area contributed by atoms with Gasteiger partial charge in [-0.3, -0.25) is 0 Å². The van der Waals surface area contributed by atoms with Crippen LogP contribution in [0.25, 0.3) is 22.2 Å². The molecule has 5 rings (SSSR count). The summed E-state index contributed by atoms with van der Waals surface area (Å²) in [6.07, 6.45) is -6.33. The minimum absolute atomic E-state index is 0.00661. The average Bonchev–Trinajstić information content (AvgIpc) is 3.34. The molecule has 2 heterocycles. The third kappa shape index (κ3) is 5.11. The highest BCUT2D eigenvalue weighted by atomic mass is 35.5. The van der Waals surface area contributed by atoms with Gasteiger partial charge in [0.25, 0.3) is 0 Å². The van der Waals surface area contributed by atoms with Gasteiger partial charge in [-0.05, 0) is 43.2 Å². The van der Waals surface area contributed by atoms with Crippen LogP contribution in [0.5, 0.6) is 5.75 Å². The number of amides is 1. The van der Waals surface area contributed by atoms with Crippen molar-refractivity contribution in [3.8, 4) is 16.9 Å². The summed E-state index contributed by atoms with van der Waals surface area (Å²) in [5.74, 6) is -0.879. The summed E-state index contributed by atoms with van der Waals surface area (Å²) >= 11 is 6.39. The van der Waals surface area contributed by atoms with Gasteiger partial charge < -0.3 is 25.5 Å². The fourth-order valence-electron chi connectivity index (χ4n) is 5.02. The molecular formula is C27H23ClF4N4O3. The molecule has 39 heavy (non-hydrogen) atoms. The SMILES string of the molecule is CC(C)(N)c1ccc(-c2cc3c(cc2F)nc2n3[C@@H](c3c(Cl)cccc3OC(F)(F)F)C[C@H]2NC(=O)O)cc1. The number of fused-ring (bicyclic) bond motifs is 3. The maximum atomic E-state index is 15.3. The molecule has 0 bridgehead atoms. The summed E-state index contributed by atoms with van der Waals surface area (Å²) in [6, 6.07) is 11.9. The number of nitrogens with two attached hydrogens (primary N) is 1. The van der Waals surface area contributed by atoms with Crippen molar-refractivity contribution in [1.29, 1.82) is 0 Å². The minimum atomic E-state index is -4.99. The maximum absolute atomic E-state index is 15.3. The Morgan fingerprint density at radius 2 is 1.87 bits per heavy atom. The van der Waals surface area contributed by atoms with Crippen LogP contribution in [0.4, 0.5) is 22.4 Å². The van der Waals surface area contributed by atoms with Crippen LogP contribution in [-0.2, 0) is 5.54 Å². The Balaban J connectivity index is 1.70. The summed E-state index contributed by atoms with van der Waals surface area (Å²) < 4.78 is 60.9. The van der Waals surface area contributed by atoms with E-state index in [1.165, 1.54) is 18.2 Å². The van der Waals surface area contributed by atoms with Crippen LogP contribution in [0.1, 0.15) is 49.3 Å². The van der Waals surface area contributed by atoms with Gasteiger partial charge in [-0.2, -0.15) is 0 Å². The smallest absolute Gasteiger partial charge is 0.465 e. The first-order chi connectivity index (χ1) is 18.2. The van der Waals surface area contributed by atoms with E-state index in [1.54, 1.807) is 34.9 Å². The standard InChI is InChI=1S/C27H23ClF4N4O3/c1-26(2,33)14-8-6-13(7-9-14)15-10-20-18(11-17(15)29)34-24-19(35-25(37)38)12-21(36(20)24)23-16(28)4-3-5-22(23)39-27(30,31)32/h3-11,19,21,35H,12,33H2,1-2H3,(H,37,38)/t19-,21-/m1/s1. The lowest BCUT2D eigenvalue weighted by molar-refractivity contribution is -0.275. The van der Waals surface area contributed by atoms with E-state index >= 15 is 4.39 Å². The van der Waals surface area contributed by atoms with Gasteiger partial charge in [0.05, 0.1) is 23.1 Å². The molecule has 0 radical (unpaired) electrons. The fraction of sp³-hybridized carbons (Fsp3) is 0.259. The van der Waals surface area contributed by atoms with Crippen LogP contribution in [0.15, 0.2) is 54.6 Å². The molecule has 1 aromatic heterocycles. The number of nitrogens with one attached hydrogen (secondary N) is 1. The number of rotatable bonds is 5. The molecule has 3 aromatic carbocycles. The summed E-state index contributed by atoms with van der Waals surface area (Å²) in [6.45, 7) is 3.69. The first-order valence-electron chi connectivity index (χ1n) is 11.9. The van der Waals surface area contributed by atoms with E-state index in [0.29, 0.717) is 11.1 Å². The molecule has 204 valence electrons. The number of alkyl halides is 3.